The van der Waals surface area contributed by atoms with E-state index in [1.54, 1.807) is 6.92 Å². The Balaban J connectivity index is 1.85. The third-order valence-corrected chi connectivity index (χ3v) is 4.93. The van der Waals surface area contributed by atoms with E-state index in [1.165, 1.54) is 11.3 Å². The molecule has 0 aromatic carbocycles. The summed E-state index contributed by atoms with van der Waals surface area (Å²) in [4.78, 5) is 28.0. The van der Waals surface area contributed by atoms with Gasteiger partial charge in [0.05, 0.1) is 11.0 Å². The van der Waals surface area contributed by atoms with Crippen LogP contribution in [0.15, 0.2) is 12.1 Å². The Hall–Kier alpha value is -1.20. The van der Waals surface area contributed by atoms with Crippen molar-refractivity contribution >= 4 is 23.0 Å². The van der Waals surface area contributed by atoms with Crippen molar-refractivity contribution in [2.45, 2.75) is 58.1 Å². The van der Waals surface area contributed by atoms with Gasteiger partial charge in [-0.05, 0) is 45.2 Å². The molecule has 2 rings (SSSR count). The molecule has 1 saturated heterocycles. The lowest BCUT2D eigenvalue weighted by Gasteiger charge is -2.25. The minimum absolute atomic E-state index is 0.0415. The van der Waals surface area contributed by atoms with Crippen LogP contribution in [0.4, 0.5) is 0 Å². The molecule has 2 unspecified atom stereocenters. The normalized spacial score (nSPS) is 19.8. The fraction of sp³-hybridized carbons (Fsp3) is 0.625. The number of Topliss-reactive ketones (excluding diaryl/α,β-unsaturated/α-hetero) is 1. The maximum atomic E-state index is 12.3. The second-order valence-corrected chi connectivity index (χ2v) is 7.09. The van der Waals surface area contributed by atoms with Gasteiger partial charge in [-0.3, -0.25) is 9.59 Å². The highest BCUT2D eigenvalue weighted by molar-refractivity contribution is 7.14. The van der Waals surface area contributed by atoms with Crippen molar-refractivity contribution in [3.63, 3.8) is 0 Å². The summed E-state index contributed by atoms with van der Waals surface area (Å²) in [5.74, 6) is 0.0903. The number of aliphatic hydroxyl groups excluding tert-OH is 1. The van der Waals surface area contributed by atoms with Gasteiger partial charge in [-0.2, -0.15) is 0 Å². The van der Waals surface area contributed by atoms with Crippen LogP contribution in [0.2, 0.25) is 0 Å². The minimum Gasteiger partial charge on any atom is -0.393 e. The number of ketones is 1. The van der Waals surface area contributed by atoms with Crippen LogP contribution in [0.3, 0.4) is 0 Å². The van der Waals surface area contributed by atoms with E-state index in [0.717, 1.165) is 29.1 Å². The van der Waals surface area contributed by atoms with Gasteiger partial charge < -0.3 is 10.0 Å². The number of thiophene rings is 1. The molecule has 0 bridgehead atoms. The Kier molecular flexibility index (Phi) is 5.53. The van der Waals surface area contributed by atoms with E-state index in [9.17, 15) is 14.7 Å². The highest BCUT2D eigenvalue weighted by Crippen LogP contribution is 2.23. The number of likely N-dealkylation sites (tertiary alicyclic amines) is 1. The maximum absolute atomic E-state index is 12.3. The van der Waals surface area contributed by atoms with E-state index in [1.807, 2.05) is 24.0 Å². The Morgan fingerprint density at radius 1 is 1.43 bits per heavy atom. The summed E-state index contributed by atoms with van der Waals surface area (Å²) in [6, 6.07) is 3.90. The van der Waals surface area contributed by atoms with Gasteiger partial charge in [-0.1, -0.05) is 0 Å². The molecule has 1 amide bonds. The lowest BCUT2D eigenvalue weighted by atomic mass is 10.1. The number of amides is 1. The largest absolute Gasteiger partial charge is 0.393 e. The Morgan fingerprint density at radius 3 is 2.81 bits per heavy atom. The number of hydrogen-bond acceptors (Lipinski definition) is 4. The number of hydrogen-bond donors (Lipinski definition) is 1. The molecule has 2 heterocycles. The summed E-state index contributed by atoms with van der Waals surface area (Å²) >= 11 is 1.48. The molecule has 0 aliphatic carbocycles. The average molecular weight is 309 g/mol. The molecule has 1 aliphatic heterocycles. The number of nitrogens with zero attached hydrogens (tertiary/aromatic N) is 1. The highest BCUT2D eigenvalue weighted by Gasteiger charge is 2.29. The molecule has 1 N–H and O–H groups in total. The van der Waals surface area contributed by atoms with E-state index in [0.29, 0.717) is 6.42 Å². The first kappa shape index (κ1) is 16.2. The van der Waals surface area contributed by atoms with Crippen LogP contribution in [0.5, 0.6) is 0 Å². The molecule has 116 valence electrons. The summed E-state index contributed by atoms with van der Waals surface area (Å²) in [7, 11) is 0. The van der Waals surface area contributed by atoms with E-state index in [-0.39, 0.29) is 36.7 Å². The predicted molar refractivity (Wildman–Crippen MR) is 83.7 cm³/mol. The lowest BCUT2D eigenvalue weighted by molar-refractivity contribution is -0.132. The van der Waals surface area contributed by atoms with Crippen LogP contribution < -0.4 is 0 Å². The fourth-order valence-corrected chi connectivity index (χ4v) is 3.71. The topological polar surface area (TPSA) is 57.6 Å². The molecule has 0 saturated carbocycles. The van der Waals surface area contributed by atoms with Crippen molar-refractivity contribution in [1.82, 2.24) is 4.90 Å². The standard InChI is InChI=1S/C16H23NO3S/c1-11(18)10-13-4-3-9-17(13)16(20)8-6-14(19)15-7-5-12(2)21-15/h5,7,11,13,18H,3-4,6,8-10H2,1-2H3. The van der Waals surface area contributed by atoms with Crippen molar-refractivity contribution in [3.05, 3.63) is 21.9 Å². The van der Waals surface area contributed by atoms with Gasteiger partial charge in [-0.25, -0.2) is 0 Å². The monoisotopic (exact) mass is 309 g/mol. The number of carbonyl (C=O) groups excluding carboxylic acids is 2. The van der Waals surface area contributed by atoms with Gasteiger partial charge >= 0.3 is 0 Å². The lowest BCUT2D eigenvalue weighted by Crippen LogP contribution is -2.37. The number of carbonyl (C=O) groups is 2. The molecule has 4 nitrogen and oxygen atoms in total. The Morgan fingerprint density at radius 2 is 2.19 bits per heavy atom. The quantitative estimate of drug-likeness (QED) is 0.822. The molecular weight excluding hydrogens is 286 g/mol. The van der Waals surface area contributed by atoms with Crippen LogP contribution >= 0.6 is 11.3 Å². The van der Waals surface area contributed by atoms with Gasteiger partial charge in [0, 0.05) is 30.3 Å². The molecule has 1 fully saturated rings. The predicted octanol–water partition coefficient (Wildman–Crippen LogP) is 2.78. The van der Waals surface area contributed by atoms with Gasteiger partial charge in [0.15, 0.2) is 5.78 Å². The smallest absolute Gasteiger partial charge is 0.223 e. The molecule has 5 heteroatoms. The molecule has 1 aliphatic rings. The van der Waals surface area contributed by atoms with Gasteiger partial charge in [0.1, 0.15) is 0 Å². The van der Waals surface area contributed by atoms with Crippen molar-refractivity contribution in [3.8, 4) is 0 Å². The van der Waals surface area contributed by atoms with Crippen LogP contribution in [0, 0.1) is 6.92 Å². The summed E-state index contributed by atoms with van der Waals surface area (Å²) in [5, 5.41) is 9.49. The third kappa shape index (κ3) is 4.38. The van der Waals surface area contributed by atoms with E-state index in [4.69, 9.17) is 0 Å². The second-order valence-electron chi connectivity index (χ2n) is 5.80. The number of rotatable bonds is 6. The summed E-state index contributed by atoms with van der Waals surface area (Å²) in [6.07, 6.45) is 2.72. The summed E-state index contributed by atoms with van der Waals surface area (Å²) in [5.41, 5.74) is 0. The second kappa shape index (κ2) is 7.18. The van der Waals surface area contributed by atoms with E-state index in [2.05, 4.69) is 0 Å². The maximum Gasteiger partial charge on any atom is 0.223 e. The molecule has 0 spiro atoms. The fourth-order valence-electron chi connectivity index (χ4n) is 2.87. The van der Waals surface area contributed by atoms with E-state index < -0.39 is 0 Å². The molecule has 0 radical (unpaired) electrons. The van der Waals surface area contributed by atoms with Crippen molar-refractivity contribution in [1.29, 1.82) is 0 Å². The Bertz CT molecular complexity index is 509. The third-order valence-electron chi connectivity index (χ3n) is 3.89. The summed E-state index contributed by atoms with van der Waals surface area (Å²) in [6.45, 7) is 4.48. The first-order valence-corrected chi connectivity index (χ1v) is 8.36. The van der Waals surface area contributed by atoms with Crippen LogP contribution in [-0.2, 0) is 4.79 Å². The number of aliphatic hydroxyl groups is 1. The molecule has 2 atom stereocenters. The zero-order valence-electron chi connectivity index (χ0n) is 12.7. The summed E-state index contributed by atoms with van der Waals surface area (Å²) < 4.78 is 0. The van der Waals surface area contributed by atoms with Crippen LogP contribution in [0.25, 0.3) is 0 Å². The first-order valence-electron chi connectivity index (χ1n) is 7.54. The van der Waals surface area contributed by atoms with Gasteiger partial charge in [0.2, 0.25) is 5.91 Å². The van der Waals surface area contributed by atoms with Crippen LogP contribution in [-0.4, -0.2) is 40.4 Å². The van der Waals surface area contributed by atoms with Gasteiger partial charge in [0.25, 0.3) is 0 Å². The SMILES string of the molecule is Cc1ccc(C(=O)CCC(=O)N2CCCC2CC(C)O)s1. The zero-order valence-corrected chi connectivity index (χ0v) is 13.5. The zero-order chi connectivity index (χ0) is 15.4. The van der Waals surface area contributed by atoms with Crippen molar-refractivity contribution < 1.29 is 14.7 Å². The first-order chi connectivity index (χ1) is 9.97. The van der Waals surface area contributed by atoms with E-state index >= 15 is 0 Å². The molecule has 1 aromatic rings. The Labute approximate surface area is 129 Å². The van der Waals surface area contributed by atoms with Crippen molar-refractivity contribution in [2.75, 3.05) is 6.54 Å². The highest BCUT2D eigenvalue weighted by atomic mass is 32.1. The minimum atomic E-state index is -0.390. The number of aryl methyl sites for hydroxylation is 1. The van der Waals surface area contributed by atoms with Gasteiger partial charge in [-0.15, -0.1) is 11.3 Å². The molecular formula is C16H23NO3S. The molecule has 21 heavy (non-hydrogen) atoms. The average Bonchev–Trinajstić information content (AvgIpc) is 3.04. The van der Waals surface area contributed by atoms with Crippen LogP contribution in [0.1, 0.15) is 53.6 Å². The molecule has 1 aromatic heterocycles. The van der Waals surface area contributed by atoms with Crippen molar-refractivity contribution in [2.24, 2.45) is 0 Å².